The lowest BCUT2D eigenvalue weighted by molar-refractivity contribution is 0.0627. The van der Waals surface area contributed by atoms with Crippen molar-refractivity contribution in [1.29, 1.82) is 0 Å². The van der Waals surface area contributed by atoms with Crippen LogP contribution in [0, 0.1) is 5.82 Å². The lowest BCUT2D eigenvalue weighted by Gasteiger charge is -2.36. The predicted molar refractivity (Wildman–Crippen MR) is 166 cm³/mol. The van der Waals surface area contributed by atoms with Crippen LogP contribution in [0.2, 0.25) is 0 Å². The van der Waals surface area contributed by atoms with E-state index in [4.69, 9.17) is 0 Å². The Hall–Kier alpha value is -2.93. The minimum absolute atomic E-state index is 0.0742. The number of unbranched alkanes of at least 4 members (excludes halogenated alkanes) is 7. The van der Waals surface area contributed by atoms with E-state index in [1.807, 2.05) is 21.9 Å². The molecule has 0 saturated carbocycles. The van der Waals surface area contributed by atoms with Crippen LogP contribution in [-0.2, 0) is 13.0 Å². The molecule has 3 rings (SSSR count). The quantitative estimate of drug-likeness (QED) is 0.212. The molecular formula is C34H51FN4O2. The lowest BCUT2D eigenvalue weighted by atomic mass is 10.0. The van der Waals surface area contributed by atoms with Crippen molar-refractivity contribution in [1.82, 2.24) is 20.0 Å². The Morgan fingerprint density at radius 3 is 2.07 bits per heavy atom. The summed E-state index contributed by atoms with van der Waals surface area (Å²) in [6, 6.07) is 14.4. The molecule has 0 bridgehead atoms. The van der Waals surface area contributed by atoms with Crippen LogP contribution in [0.3, 0.4) is 0 Å². The zero-order chi connectivity index (χ0) is 29.3. The van der Waals surface area contributed by atoms with Crippen molar-refractivity contribution in [2.24, 2.45) is 0 Å². The molecule has 6 nitrogen and oxygen atoms in total. The van der Waals surface area contributed by atoms with Gasteiger partial charge in [-0.25, -0.2) is 9.18 Å². The minimum Gasteiger partial charge on any atom is -0.338 e. The molecule has 0 aromatic heterocycles. The Kier molecular flexibility index (Phi) is 14.7. The lowest BCUT2D eigenvalue weighted by Crippen LogP contribution is -2.51. The van der Waals surface area contributed by atoms with Crippen LogP contribution >= 0.6 is 0 Å². The molecule has 1 fully saturated rings. The molecule has 1 aliphatic rings. The van der Waals surface area contributed by atoms with Crippen LogP contribution < -0.4 is 5.32 Å². The average Bonchev–Trinajstić information content (AvgIpc) is 3.00. The molecule has 2 aromatic rings. The summed E-state index contributed by atoms with van der Waals surface area (Å²) in [7, 11) is 0. The summed E-state index contributed by atoms with van der Waals surface area (Å²) in [6.45, 7) is 9.77. The third-order valence-electron chi connectivity index (χ3n) is 8.00. The average molecular weight is 567 g/mol. The van der Waals surface area contributed by atoms with Crippen molar-refractivity contribution < 1.29 is 14.0 Å². The van der Waals surface area contributed by atoms with Gasteiger partial charge < -0.3 is 15.1 Å². The van der Waals surface area contributed by atoms with Gasteiger partial charge in [0.2, 0.25) is 0 Å². The van der Waals surface area contributed by atoms with Gasteiger partial charge in [-0.15, -0.1) is 0 Å². The third-order valence-corrected chi connectivity index (χ3v) is 8.00. The topological polar surface area (TPSA) is 55.9 Å². The van der Waals surface area contributed by atoms with E-state index < -0.39 is 0 Å². The van der Waals surface area contributed by atoms with Gasteiger partial charge in [0, 0.05) is 57.9 Å². The van der Waals surface area contributed by atoms with Crippen molar-refractivity contribution in [3.63, 3.8) is 0 Å². The maximum absolute atomic E-state index is 13.4. The van der Waals surface area contributed by atoms with Crippen molar-refractivity contribution in [3.05, 3.63) is 71.0 Å². The highest BCUT2D eigenvalue weighted by Gasteiger charge is 2.23. The van der Waals surface area contributed by atoms with E-state index in [2.05, 4.69) is 36.2 Å². The molecule has 0 atom stereocenters. The fourth-order valence-corrected chi connectivity index (χ4v) is 5.29. The number of hydrogen-bond acceptors (Lipinski definition) is 3. The van der Waals surface area contributed by atoms with Crippen LogP contribution in [0.15, 0.2) is 48.5 Å². The monoisotopic (exact) mass is 566 g/mol. The first kappa shape index (κ1) is 32.6. The van der Waals surface area contributed by atoms with E-state index in [9.17, 15) is 14.0 Å². The smallest absolute Gasteiger partial charge is 0.317 e. The Morgan fingerprint density at radius 1 is 0.780 bits per heavy atom. The Bertz CT molecular complexity index is 1020. The van der Waals surface area contributed by atoms with Crippen LogP contribution in [0.25, 0.3) is 0 Å². The standard InChI is InChI=1S/C34H51FN4O2/c1-3-5-7-8-9-11-21-36-34(41)39(28-30-15-19-32(35)20-16-30)27-24-37-22-25-38(26-23-37)33(40)31-17-13-29(14-18-31)12-10-6-4-2/h13-20H,3-12,21-28H2,1-2H3,(H,36,41). The van der Waals surface area contributed by atoms with E-state index in [0.29, 0.717) is 32.7 Å². The van der Waals surface area contributed by atoms with Crippen LogP contribution in [0.4, 0.5) is 9.18 Å². The summed E-state index contributed by atoms with van der Waals surface area (Å²) >= 11 is 0. The number of nitrogens with zero attached hydrogens (tertiary/aromatic N) is 3. The molecule has 1 heterocycles. The SMILES string of the molecule is CCCCCCCCNC(=O)N(CCN1CCN(C(=O)c2ccc(CCCCC)cc2)CC1)Cc1ccc(F)cc1. The Labute approximate surface area is 247 Å². The normalized spacial score (nSPS) is 13.8. The van der Waals surface area contributed by atoms with Gasteiger partial charge in [-0.05, 0) is 54.7 Å². The largest absolute Gasteiger partial charge is 0.338 e. The number of aryl methyl sites for hydroxylation is 1. The Morgan fingerprint density at radius 2 is 1.39 bits per heavy atom. The molecule has 1 saturated heterocycles. The summed E-state index contributed by atoms with van der Waals surface area (Å²) in [5.74, 6) is -0.181. The summed E-state index contributed by atoms with van der Waals surface area (Å²) in [5, 5.41) is 3.09. The second-order valence-corrected chi connectivity index (χ2v) is 11.3. The van der Waals surface area contributed by atoms with Crippen molar-refractivity contribution >= 4 is 11.9 Å². The fourth-order valence-electron chi connectivity index (χ4n) is 5.29. The molecule has 0 radical (unpaired) electrons. The highest BCUT2D eigenvalue weighted by atomic mass is 19.1. The number of halogens is 1. The fraction of sp³-hybridized carbons (Fsp3) is 0.588. The van der Waals surface area contributed by atoms with Gasteiger partial charge in [0.25, 0.3) is 5.91 Å². The second kappa shape index (κ2) is 18.5. The Balaban J connectivity index is 1.45. The second-order valence-electron chi connectivity index (χ2n) is 11.3. The maximum Gasteiger partial charge on any atom is 0.317 e. The summed E-state index contributed by atoms with van der Waals surface area (Å²) < 4.78 is 13.4. The van der Waals surface area contributed by atoms with Gasteiger partial charge in [-0.1, -0.05) is 83.1 Å². The van der Waals surface area contributed by atoms with E-state index in [-0.39, 0.29) is 17.8 Å². The molecule has 7 heteroatoms. The number of piperazine rings is 1. The molecule has 0 unspecified atom stereocenters. The molecule has 0 aliphatic carbocycles. The number of urea groups is 1. The zero-order valence-electron chi connectivity index (χ0n) is 25.4. The number of carbonyl (C=O) groups excluding carboxylic acids is 2. The molecule has 1 aliphatic heterocycles. The molecule has 226 valence electrons. The summed E-state index contributed by atoms with van der Waals surface area (Å²) in [4.78, 5) is 32.2. The number of hydrogen-bond donors (Lipinski definition) is 1. The zero-order valence-corrected chi connectivity index (χ0v) is 25.4. The summed E-state index contributed by atoms with van der Waals surface area (Å²) in [6.07, 6.45) is 11.8. The first-order chi connectivity index (χ1) is 20.0. The molecule has 3 amide bonds. The van der Waals surface area contributed by atoms with E-state index in [1.165, 1.54) is 62.6 Å². The maximum atomic E-state index is 13.4. The third kappa shape index (κ3) is 11.8. The highest BCUT2D eigenvalue weighted by molar-refractivity contribution is 5.94. The van der Waals surface area contributed by atoms with Crippen LogP contribution in [-0.4, -0.2) is 72.5 Å². The highest BCUT2D eigenvalue weighted by Crippen LogP contribution is 2.14. The molecule has 2 aromatic carbocycles. The molecule has 0 spiro atoms. The molecule has 1 N–H and O–H groups in total. The molecular weight excluding hydrogens is 515 g/mol. The van der Waals surface area contributed by atoms with Gasteiger partial charge in [0.1, 0.15) is 5.82 Å². The van der Waals surface area contributed by atoms with E-state index >= 15 is 0 Å². The number of amides is 3. The van der Waals surface area contributed by atoms with Crippen LogP contribution in [0.1, 0.15) is 93.1 Å². The number of carbonyl (C=O) groups is 2. The van der Waals surface area contributed by atoms with Crippen LogP contribution in [0.5, 0.6) is 0 Å². The van der Waals surface area contributed by atoms with E-state index in [1.54, 1.807) is 12.1 Å². The first-order valence-electron chi connectivity index (χ1n) is 15.9. The van der Waals surface area contributed by atoms with Gasteiger partial charge in [-0.2, -0.15) is 0 Å². The first-order valence-corrected chi connectivity index (χ1v) is 15.9. The molecule has 41 heavy (non-hydrogen) atoms. The number of rotatable bonds is 17. The van der Waals surface area contributed by atoms with Gasteiger partial charge in [0.15, 0.2) is 0 Å². The van der Waals surface area contributed by atoms with Crippen molar-refractivity contribution in [2.45, 2.75) is 84.6 Å². The predicted octanol–water partition coefficient (Wildman–Crippen LogP) is 6.89. The summed E-state index contributed by atoms with van der Waals surface area (Å²) in [5.41, 5.74) is 2.96. The number of benzene rings is 2. The van der Waals surface area contributed by atoms with Gasteiger partial charge in [0.05, 0.1) is 0 Å². The minimum atomic E-state index is -0.275. The van der Waals surface area contributed by atoms with Crippen molar-refractivity contribution in [3.8, 4) is 0 Å². The van der Waals surface area contributed by atoms with Crippen molar-refractivity contribution in [2.75, 3.05) is 45.8 Å². The van der Waals surface area contributed by atoms with E-state index in [0.717, 1.165) is 50.0 Å². The van der Waals surface area contributed by atoms with Gasteiger partial charge in [-0.3, -0.25) is 9.69 Å². The number of nitrogens with one attached hydrogen (secondary N) is 1. The van der Waals surface area contributed by atoms with Gasteiger partial charge >= 0.3 is 6.03 Å².